The molecule has 1 heterocycles. The summed E-state index contributed by atoms with van der Waals surface area (Å²) in [6.07, 6.45) is 2.48. The second-order valence-corrected chi connectivity index (χ2v) is 5.16. The number of carbonyl (C=O) groups excluding carboxylic acids is 2. The molecule has 1 aliphatic rings. The van der Waals surface area contributed by atoms with Crippen LogP contribution in [0.3, 0.4) is 0 Å². The fraction of sp³-hybridized carbons (Fsp3) is 0.429. The number of amides is 1. The van der Waals surface area contributed by atoms with E-state index in [1.165, 1.54) is 13.2 Å². The van der Waals surface area contributed by atoms with Gasteiger partial charge < -0.3 is 15.4 Å². The number of ether oxygens (including phenoxy) is 1. The maximum atomic E-state index is 12.0. The van der Waals surface area contributed by atoms with E-state index in [-0.39, 0.29) is 17.5 Å². The molecule has 5 nitrogen and oxygen atoms in total. The minimum atomic E-state index is -0.526. The molecule has 2 N–H and O–H groups in total. The maximum absolute atomic E-state index is 12.0. The number of hydrogen-bond donors (Lipinski definition) is 2. The monoisotopic (exact) mass is 296 g/mol. The molecule has 0 aliphatic carbocycles. The highest BCUT2D eigenvalue weighted by atomic mass is 35.5. The van der Waals surface area contributed by atoms with E-state index in [0.717, 1.165) is 19.4 Å². The Morgan fingerprint density at radius 3 is 2.95 bits per heavy atom. The molecule has 1 amide bonds. The molecule has 0 saturated carbocycles. The van der Waals surface area contributed by atoms with Crippen LogP contribution in [0.25, 0.3) is 0 Å². The number of anilines is 1. The lowest BCUT2D eigenvalue weighted by molar-refractivity contribution is -0.116. The van der Waals surface area contributed by atoms with E-state index in [1.807, 2.05) is 0 Å². The predicted octanol–water partition coefficient (Wildman–Crippen LogP) is 2.21. The van der Waals surface area contributed by atoms with Crippen LogP contribution in [0.15, 0.2) is 18.2 Å². The van der Waals surface area contributed by atoms with Crippen molar-refractivity contribution in [3.63, 3.8) is 0 Å². The fourth-order valence-corrected chi connectivity index (χ4v) is 2.43. The average molecular weight is 297 g/mol. The molecule has 2 rings (SSSR count). The molecule has 108 valence electrons. The van der Waals surface area contributed by atoms with Gasteiger partial charge in [0, 0.05) is 17.5 Å². The normalized spacial score (nSPS) is 17.8. The lowest BCUT2D eigenvalue weighted by Gasteiger charge is -2.13. The molecule has 1 unspecified atom stereocenters. The Morgan fingerprint density at radius 1 is 1.50 bits per heavy atom. The third kappa shape index (κ3) is 3.71. The zero-order valence-corrected chi connectivity index (χ0v) is 12.0. The summed E-state index contributed by atoms with van der Waals surface area (Å²) in [7, 11) is 1.29. The molecule has 1 aliphatic heterocycles. The zero-order chi connectivity index (χ0) is 14.5. The van der Waals surface area contributed by atoms with Gasteiger partial charge in [-0.05, 0) is 37.6 Å². The van der Waals surface area contributed by atoms with Crippen molar-refractivity contribution in [3.8, 4) is 0 Å². The van der Waals surface area contributed by atoms with Crippen LogP contribution in [0, 0.1) is 0 Å². The fourth-order valence-electron chi connectivity index (χ4n) is 2.26. The van der Waals surface area contributed by atoms with Crippen molar-refractivity contribution in [3.05, 3.63) is 28.8 Å². The first-order chi connectivity index (χ1) is 9.60. The summed E-state index contributed by atoms with van der Waals surface area (Å²) in [5.74, 6) is -0.654. The van der Waals surface area contributed by atoms with Crippen molar-refractivity contribution < 1.29 is 14.3 Å². The molecule has 1 aromatic rings. The smallest absolute Gasteiger partial charge is 0.340 e. The van der Waals surface area contributed by atoms with Crippen molar-refractivity contribution in [2.45, 2.75) is 25.3 Å². The second-order valence-electron chi connectivity index (χ2n) is 4.73. The number of methoxy groups -OCH3 is 1. The third-order valence-corrected chi connectivity index (χ3v) is 3.49. The van der Waals surface area contributed by atoms with Gasteiger partial charge >= 0.3 is 5.97 Å². The van der Waals surface area contributed by atoms with Gasteiger partial charge in [0.2, 0.25) is 5.91 Å². The zero-order valence-electron chi connectivity index (χ0n) is 11.2. The standard InChI is InChI=1S/C14H17ClN2O3/c1-20-14(19)11-7-9(15)4-5-12(11)17-13(18)8-10-3-2-6-16-10/h4-5,7,10,16H,2-3,6,8H2,1H3,(H,17,18). The number of nitrogens with one attached hydrogen (secondary N) is 2. The molecule has 0 aromatic heterocycles. The number of esters is 1. The first-order valence-corrected chi connectivity index (χ1v) is 6.89. The highest BCUT2D eigenvalue weighted by Gasteiger charge is 2.19. The molecular formula is C14H17ClN2O3. The van der Waals surface area contributed by atoms with Crippen LogP contribution in [0.1, 0.15) is 29.6 Å². The second kappa shape index (κ2) is 6.72. The van der Waals surface area contributed by atoms with Gasteiger partial charge in [-0.3, -0.25) is 4.79 Å². The van der Waals surface area contributed by atoms with Gasteiger partial charge in [0.05, 0.1) is 18.4 Å². The van der Waals surface area contributed by atoms with Crippen LogP contribution in [-0.2, 0) is 9.53 Å². The van der Waals surface area contributed by atoms with E-state index in [0.29, 0.717) is 17.1 Å². The van der Waals surface area contributed by atoms with Crippen molar-refractivity contribution in [1.29, 1.82) is 0 Å². The molecule has 1 aromatic carbocycles. The largest absolute Gasteiger partial charge is 0.465 e. The lowest BCUT2D eigenvalue weighted by atomic mass is 10.1. The summed E-state index contributed by atoms with van der Waals surface area (Å²) >= 11 is 5.86. The number of rotatable bonds is 4. The summed E-state index contributed by atoms with van der Waals surface area (Å²) in [6.45, 7) is 0.951. The van der Waals surface area contributed by atoms with E-state index >= 15 is 0 Å². The SMILES string of the molecule is COC(=O)c1cc(Cl)ccc1NC(=O)CC1CCCN1. The molecule has 1 atom stereocenters. The summed E-state index contributed by atoms with van der Waals surface area (Å²) < 4.78 is 4.69. The summed E-state index contributed by atoms with van der Waals surface area (Å²) in [4.78, 5) is 23.6. The minimum absolute atomic E-state index is 0.128. The lowest BCUT2D eigenvalue weighted by Crippen LogP contribution is -2.27. The van der Waals surface area contributed by atoms with Crippen LogP contribution < -0.4 is 10.6 Å². The molecule has 6 heteroatoms. The quantitative estimate of drug-likeness (QED) is 0.836. The van der Waals surface area contributed by atoms with E-state index < -0.39 is 5.97 Å². The number of benzene rings is 1. The van der Waals surface area contributed by atoms with Crippen LogP contribution in [0.5, 0.6) is 0 Å². The Labute approximate surface area is 122 Å². The van der Waals surface area contributed by atoms with Gasteiger partial charge in [-0.25, -0.2) is 4.79 Å². The van der Waals surface area contributed by atoms with Crippen molar-refractivity contribution >= 4 is 29.2 Å². The van der Waals surface area contributed by atoms with Crippen LogP contribution in [0.2, 0.25) is 5.02 Å². The van der Waals surface area contributed by atoms with Gasteiger partial charge in [0.15, 0.2) is 0 Å². The van der Waals surface area contributed by atoms with Crippen LogP contribution >= 0.6 is 11.6 Å². The first kappa shape index (κ1) is 14.8. The molecular weight excluding hydrogens is 280 g/mol. The van der Waals surface area contributed by atoms with E-state index in [1.54, 1.807) is 12.1 Å². The van der Waals surface area contributed by atoms with Crippen LogP contribution in [-0.4, -0.2) is 31.6 Å². The summed E-state index contributed by atoms with van der Waals surface area (Å²) in [5, 5.41) is 6.42. The average Bonchev–Trinajstić information content (AvgIpc) is 2.92. The van der Waals surface area contributed by atoms with Crippen LogP contribution in [0.4, 0.5) is 5.69 Å². The third-order valence-electron chi connectivity index (χ3n) is 3.26. The first-order valence-electron chi connectivity index (χ1n) is 6.51. The van der Waals surface area contributed by atoms with Gasteiger partial charge in [-0.1, -0.05) is 11.6 Å². The Kier molecular flexibility index (Phi) is 4.98. The van der Waals surface area contributed by atoms with E-state index in [9.17, 15) is 9.59 Å². The summed E-state index contributed by atoms with van der Waals surface area (Å²) in [6, 6.07) is 4.92. The van der Waals surface area contributed by atoms with Crippen molar-refractivity contribution in [2.24, 2.45) is 0 Å². The topological polar surface area (TPSA) is 67.4 Å². The Morgan fingerprint density at radius 2 is 2.30 bits per heavy atom. The molecule has 0 spiro atoms. The maximum Gasteiger partial charge on any atom is 0.340 e. The Bertz CT molecular complexity index is 513. The highest BCUT2D eigenvalue weighted by Crippen LogP contribution is 2.22. The van der Waals surface area contributed by atoms with E-state index in [4.69, 9.17) is 11.6 Å². The van der Waals surface area contributed by atoms with Crippen molar-refractivity contribution in [1.82, 2.24) is 5.32 Å². The summed E-state index contributed by atoms with van der Waals surface area (Å²) in [5.41, 5.74) is 0.678. The molecule has 1 fully saturated rings. The minimum Gasteiger partial charge on any atom is -0.465 e. The number of hydrogen-bond acceptors (Lipinski definition) is 4. The van der Waals surface area contributed by atoms with Gasteiger partial charge in [-0.2, -0.15) is 0 Å². The predicted molar refractivity (Wildman–Crippen MR) is 77.1 cm³/mol. The van der Waals surface area contributed by atoms with Gasteiger partial charge in [-0.15, -0.1) is 0 Å². The molecule has 20 heavy (non-hydrogen) atoms. The van der Waals surface area contributed by atoms with E-state index in [2.05, 4.69) is 15.4 Å². The molecule has 0 radical (unpaired) electrons. The van der Waals surface area contributed by atoms with Gasteiger partial charge in [0.1, 0.15) is 0 Å². The highest BCUT2D eigenvalue weighted by molar-refractivity contribution is 6.31. The van der Waals surface area contributed by atoms with Crippen molar-refractivity contribution in [2.75, 3.05) is 19.0 Å². The number of halogens is 1. The molecule has 1 saturated heterocycles. The Hall–Kier alpha value is -1.59. The van der Waals surface area contributed by atoms with Gasteiger partial charge in [0.25, 0.3) is 0 Å². The Balaban J connectivity index is 2.07. The molecule has 0 bridgehead atoms. The number of carbonyl (C=O) groups is 2.